The zero-order valence-electron chi connectivity index (χ0n) is 30.8. The summed E-state index contributed by atoms with van der Waals surface area (Å²) < 4.78 is 6.30. The average Bonchev–Trinajstić information content (AvgIpc) is 3.38. The first-order valence-electron chi connectivity index (χ1n) is 18.7. The number of aryl methyl sites for hydroxylation is 1. The minimum Gasteiger partial charge on any atom is -0.543 e. The molecule has 0 amide bonds. The summed E-state index contributed by atoms with van der Waals surface area (Å²) in [5.74, 6) is 10.4. The van der Waals surface area contributed by atoms with Gasteiger partial charge in [-0.3, -0.25) is 0 Å². The second-order valence-electron chi connectivity index (χ2n) is 16.9. The molecule has 0 bridgehead atoms. The van der Waals surface area contributed by atoms with E-state index < -0.39 is 18.7 Å². The number of fused-ring (bicyclic) bond motifs is 5. The van der Waals surface area contributed by atoms with Crippen molar-refractivity contribution in [1.29, 1.82) is 0 Å². The van der Waals surface area contributed by atoms with Crippen LogP contribution in [-0.2, 0) is 11.2 Å². The Morgan fingerprint density at radius 3 is 1.94 bits per heavy atom. The highest BCUT2D eigenvalue weighted by Crippen LogP contribution is 2.64. The number of rotatable bonds is 7. The van der Waals surface area contributed by atoms with Gasteiger partial charge in [-0.15, -0.1) is 11.8 Å². The Kier molecular flexibility index (Phi) is 9.42. The van der Waals surface area contributed by atoms with Crippen LogP contribution >= 0.6 is 11.8 Å². The number of hydrogen-bond donors (Lipinski definition) is 1. The van der Waals surface area contributed by atoms with E-state index >= 15 is 0 Å². The number of benzene rings is 4. The van der Waals surface area contributed by atoms with Gasteiger partial charge in [-0.2, -0.15) is 0 Å². The summed E-state index contributed by atoms with van der Waals surface area (Å²) in [6, 6.07) is 39.4. The van der Waals surface area contributed by atoms with Crippen molar-refractivity contribution in [3.05, 3.63) is 137 Å². The maximum Gasteiger partial charge on any atom is 0.250 e. The lowest BCUT2D eigenvalue weighted by Crippen LogP contribution is -2.50. The molecule has 3 aliphatic rings. The fourth-order valence-corrected chi connectivity index (χ4v) is 11.7. The normalized spacial score (nSPS) is 26.2. The van der Waals surface area contributed by atoms with Crippen molar-refractivity contribution in [2.75, 3.05) is 5.75 Å². The second kappa shape index (κ2) is 13.4. The minimum absolute atomic E-state index is 0.178. The van der Waals surface area contributed by atoms with Crippen molar-refractivity contribution in [3.63, 3.8) is 0 Å². The van der Waals surface area contributed by atoms with E-state index in [0.29, 0.717) is 23.5 Å². The van der Waals surface area contributed by atoms with E-state index in [-0.39, 0.29) is 10.5 Å². The molecule has 3 aliphatic carbocycles. The van der Waals surface area contributed by atoms with Crippen LogP contribution in [0.25, 0.3) is 0 Å². The van der Waals surface area contributed by atoms with Crippen LogP contribution in [0, 0.1) is 29.1 Å². The molecule has 2 nitrogen and oxygen atoms in total. The Hall–Kier alpha value is -3.23. The lowest BCUT2D eigenvalue weighted by atomic mass is 9.53. The van der Waals surface area contributed by atoms with Crippen LogP contribution in [0.1, 0.15) is 93.5 Å². The Labute approximate surface area is 306 Å². The molecule has 1 N–H and O–H groups in total. The largest absolute Gasteiger partial charge is 0.543 e. The Balaban J connectivity index is 1.12. The van der Waals surface area contributed by atoms with Gasteiger partial charge in [0.2, 0.25) is 8.32 Å². The molecule has 0 aliphatic heterocycles. The lowest BCUT2D eigenvalue weighted by Gasteiger charge is -2.52. The molecule has 5 atom stereocenters. The first-order chi connectivity index (χ1) is 23.9. The first kappa shape index (κ1) is 35.2. The third-order valence-corrected chi connectivity index (χ3v) is 19.0. The van der Waals surface area contributed by atoms with E-state index in [4.69, 9.17) is 4.43 Å². The second-order valence-corrected chi connectivity index (χ2v) is 22.8. The molecule has 4 aromatic carbocycles. The summed E-state index contributed by atoms with van der Waals surface area (Å²) in [5, 5.41) is 12.6. The molecule has 0 unspecified atom stereocenters. The van der Waals surface area contributed by atoms with E-state index in [0.717, 1.165) is 37.9 Å². The van der Waals surface area contributed by atoms with Gasteiger partial charge in [0.15, 0.2) is 0 Å². The van der Waals surface area contributed by atoms with E-state index in [1.807, 2.05) is 11.8 Å². The molecule has 50 heavy (non-hydrogen) atoms. The van der Waals surface area contributed by atoms with Crippen molar-refractivity contribution in [3.8, 4) is 17.6 Å². The fraction of sp³-hybridized carbons (Fsp3) is 0.435. The Morgan fingerprint density at radius 2 is 1.38 bits per heavy atom. The van der Waals surface area contributed by atoms with E-state index in [1.54, 1.807) is 0 Å². The Morgan fingerprint density at radius 1 is 0.800 bits per heavy atom. The molecular formula is C46H54O2SSi. The SMILES string of the molecule is CC(C)(C)[Si](C)(C)Oc1ccc2c(c1)CC[C@@H]1[C@@H]2CC[C@@]2(C)[C@H]1CC[C@@]2(O)C#CCSC(c1ccccc1)(c1ccccc1)c1ccccc1. The summed E-state index contributed by atoms with van der Waals surface area (Å²) in [6.45, 7) is 13.9. The standard InChI is InChI=1S/C46H54O2SSi/c1-43(2,3)50(5,6)48-38-24-26-39-34(33-38)23-25-41-40(39)27-30-44(4)42(41)28-31-45(44,47)29-16-32-49-46(35-17-10-7-11-18-35,36-19-12-8-13-20-36)37-21-14-9-15-22-37/h7-15,17-22,24,26,33,40-42,47H,23,25,27-28,30-32H2,1-6H3/t40-,41-,42+,44+,45+/m1/s1. The molecule has 2 saturated carbocycles. The van der Waals surface area contributed by atoms with Gasteiger partial charge < -0.3 is 9.53 Å². The highest BCUT2D eigenvalue weighted by atomic mass is 32.2. The van der Waals surface area contributed by atoms with Crippen LogP contribution in [0.5, 0.6) is 5.75 Å². The van der Waals surface area contributed by atoms with Crippen molar-refractivity contribution in [1.82, 2.24) is 0 Å². The summed E-state index contributed by atoms with van der Waals surface area (Å²) in [6.07, 6.45) is 6.24. The van der Waals surface area contributed by atoms with Crippen LogP contribution in [-0.4, -0.2) is 24.8 Å². The number of aliphatic hydroxyl groups is 1. The highest BCUT2D eigenvalue weighted by Gasteiger charge is 2.61. The first-order valence-corrected chi connectivity index (χ1v) is 22.6. The maximum atomic E-state index is 12.4. The molecule has 4 aromatic rings. The van der Waals surface area contributed by atoms with Crippen molar-refractivity contribution in [2.24, 2.45) is 17.3 Å². The van der Waals surface area contributed by atoms with Crippen LogP contribution in [0.4, 0.5) is 0 Å². The van der Waals surface area contributed by atoms with Gasteiger partial charge in [-0.1, -0.05) is 137 Å². The van der Waals surface area contributed by atoms with Gasteiger partial charge in [0.25, 0.3) is 0 Å². The van der Waals surface area contributed by atoms with Crippen LogP contribution < -0.4 is 4.43 Å². The molecule has 4 heteroatoms. The number of thioether (sulfide) groups is 1. The molecular weight excluding hydrogens is 645 g/mol. The van der Waals surface area contributed by atoms with Gasteiger partial charge in [0, 0.05) is 5.41 Å². The molecule has 0 aromatic heterocycles. The number of hydrogen-bond acceptors (Lipinski definition) is 3. The van der Waals surface area contributed by atoms with Crippen molar-refractivity contribution in [2.45, 2.75) is 101 Å². The van der Waals surface area contributed by atoms with Gasteiger partial charge in [0.05, 0.1) is 10.5 Å². The third-order valence-electron chi connectivity index (χ3n) is 13.2. The van der Waals surface area contributed by atoms with Crippen molar-refractivity contribution >= 4 is 20.1 Å². The van der Waals surface area contributed by atoms with E-state index in [9.17, 15) is 5.11 Å². The Bertz CT molecular complexity index is 1760. The third kappa shape index (κ3) is 6.08. The van der Waals surface area contributed by atoms with Crippen molar-refractivity contribution < 1.29 is 9.53 Å². The molecule has 0 spiro atoms. The lowest BCUT2D eigenvalue weighted by molar-refractivity contribution is -0.0648. The average molecular weight is 699 g/mol. The topological polar surface area (TPSA) is 29.5 Å². The highest BCUT2D eigenvalue weighted by molar-refractivity contribution is 8.00. The van der Waals surface area contributed by atoms with Crippen LogP contribution in [0.3, 0.4) is 0 Å². The summed E-state index contributed by atoms with van der Waals surface area (Å²) in [4.78, 5) is 0. The molecule has 260 valence electrons. The summed E-state index contributed by atoms with van der Waals surface area (Å²) in [5.41, 5.74) is 5.59. The smallest absolute Gasteiger partial charge is 0.250 e. The van der Waals surface area contributed by atoms with Gasteiger partial charge in [0.1, 0.15) is 11.4 Å². The predicted octanol–water partition coefficient (Wildman–Crippen LogP) is 11.4. The predicted molar refractivity (Wildman–Crippen MR) is 213 cm³/mol. The van der Waals surface area contributed by atoms with Gasteiger partial charge in [-0.25, -0.2) is 0 Å². The monoisotopic (exact) mass is 698 g/mol. The van der Waals surface area contributed by atoms with Crippen LogP contribution in [0.2, 0.25) is 18.1 Å². The fourth-order valence-electron chi connectivity index (χ4n) is 9.39. The molecule has 7 rings (SSSR count). The maximum absolute atomic E-state index is 12.4. The minimum atomic E-state index is -1.89. The summed E-state index contributed by atoms with van der Waals surface area (Å²) >= 11 is 1.86. The molecule has 0 heterocycles. The zero-order chi connectivity index (χ0) is 35.2. The molecule has 0 radical (unpaired) electrons. The van der Waals surface area contributed by atoms with Crippen LogP contribution in [0.15, 0.2) is 109 Å². The molecule has 0 saturated heterocycles. The van der Waals surface area contributed by atoms with Gasteiger partial charge >= 0.3 is 0 Å². The van der Waals surface area contributed by atoms with E-state index in [1.165, 1.54) is 34.2 Å². The van der Waals surface area contributed by atoms with E-state index in [2.05, 4.69) is 162 Å². The van der Waals surface area contributed by atoms with Gasteiger partial charge in [-0.05, 0) is 114 Å². The quantitative estimate of drug-likeness (QED) is 0.118. The zero-order valence-corrected chi connectivity index (χ0v) is 32.7. The molecule has 2 fully saturated rings. The summed E-state index contributed by atoms with van der Waals surface area (Å²) in [7, 11) is -1.89.